The number of hydrogen-bond acceptors (Lipinski definition) is 13. The number of rotatable bonds is 6. The van der Waals surface area contributed by atoms with Crippen LogP contribution in [0, 0.1) is 11.3 Å². The summed E-state index contributed by atoms with van der Waals surface area (Å²) in [4.78, 5) is 60.7. The Hall–Kier alpha value is -4.58. The van der Waals surface area contributed by atoms with Gasteiger partial charge in [-0.3, -0.25) is 50.4 Å². The van der Waals surface area contributed by atoms with Crippen molar-refractivity contribution in [3.63, 3.8) is 0 Å². The second-order valence-electron chi connectivity index (χ2n) is 20.8. The summed E-state index contributed by atoms with van der Waals surface area (Å²) in [6.07, 6.45) is 14.7. The molecule has 0 saturated carbocycles. The number of anilines is 3. The summed E-state index contributed by atoms with van der Waals surface area (Å²) < 4.78 is 0. The van der Waals surface area contributed by atoms with Gasteiger partial charge in [-0.2, -0.15) is 5.01 Å². The van der Waals surface area contributed by atoms with Gasteiger partial charge in [-0.05, 0) is 138 Å². The van der Waals surface area contributed by atoms with Crippen LogP contribution in [0.15, 0.2) is 54.6 Å². The SMILES string of the molecule is C[C@@]1(O)CC/C=C\CN2C(=O)C3CNC(Nc4ccc(N5CCC(N6CCC7(CCN(c8ccc9c(c8)CN(C8CCC(=O)NC8=O)C9=O)CC7)C6)CC5)cc4)NC3N2C2CCCC1N2. The quantitative estimate of drug-likeness (QED) is 0.185. The number of nitrogens with zero attached hydrogens (tertiary/aromatic N) is 6. The van der Waals surface area contributed by atoms with E-state index in [4.69, 9.17) is 0 Å². The smallest absolute Gasteiger partial charge is 0.255 e. The Morgan fingerprint density at radius 3 is 2.38 bits per heavy atom. The first-order valence-corrected chi connectivity index (χ1v) is 24.6. The molecule has 11 rings (SSSR count). The van der Waals surface area contributed by atoms with Gasteiger partial charge in [-0.15, -0.1) is 0 Å². The lowest BCUT2D eigenvalue weighted by Crippen LogP contribution is -2.69. The summed E-state index contributed by atoms with van der Waals surface area (Å²) in [5, 5.41) is 32.7. The van der Waals surface area contributed by atoms with Gasteiger partial charge in [0.25, 0.3) is 5.91 Å². The largest absolute Gasteiger partial charge is 0.389 e. The highest BCUT2D eigenvalue weighted by Gasteiger charge is 2.53. The number of allylic oxidation sites excluding steroid dienone is 1. The number of likely N-dealkylation sites (tertiary alicyclic amines) is 1. The van der Waals surface area contributed by atoms with Gasteiger partial charge in [0.1, 0.15) is 12.3 Å². The van der Waals surface area contributed by atoms with Crippen LogP contribution in [0.3, 0.4) is 0 Å². The van der Waals surface area contributed by atoms with Crippen LogP contribution in [0.4, 0.5) is 17.1 Å². The van der Waals surface area contributed by atoms with Crippen molar-refractivity contribution < 1.29 is 24.3 Å². The molecule has 6 N–H and O–H groups in total. The van der Waals surface area contributed by atoms with E-state index in [0.717, 1.165) is 68.8 Å². The van der Waals surface area contributed by atoms with Crippen LogP contribution in [-0.4, -0.2) is 143 Å². The van der Waals surface area contributed by atoms with Crippen LogP contribution in [0.5, 0.6) is 0 Å². The molecule has 9 heterocycles. The zero-order valence-electron chi connectivity index (χ0n) is 37.9. The Morgan fingerprint density at radius 2 is 1.58 bits per heavy atom. The highest BCUT2D eigenvalue weighted by molar-refractivity contribution is 6.05. The summed E-state index contributed by atoms with van der Waals surface area (Å²) >= 11 is 0. The topological polar surface area (TPSA) is 168 Å². The molecular formula is C49H67N11O5. The minimum atomic E-state index is -0.806. The van der Waals surface area contributed by atoms with Gasteiger partial charge in [0.05, 0.1) is 30.4 Å². The predicted molar refractivity (Wildman–Crippen MR) is 247 cm³/mol. The van der Waals surface area contributed by atoms with E-state index >= 15 is 0 Å². The fraction of sp³-hybridized carbons (Fsp3) is 0.633. The fourth-order valence-electron chi connectivity index (χ4n) is 12.8. The Bertz CT molecular complexity index is 2190. The van der Waals surface area contributed by atoms with Gasteiger partial charge in [0, 0.05) is 86.9 Å². The molecule has 16 heteroatoms. The summed E-state index contributed by atoms with van der Waals surface area (Å²) in [6, 6.07) is 15.0. The molecule has 2 aromatic rings. The normalized spacial score (nSPS) is 34.0. The number of carbonyl (C=O) groups is 4. The first kappa shape index (κ1) is 43.0. The van der Waals surface area contributed by atoms with E-state index in [0.29, 0.717) is 49.5 Å². The molecule has 9 aliphatic heterocycles. The third-order valence-corrected chi connectivity index (χ3v) is 16.8. The van der Waals surface area contributed by atoms with E-state index in [1.54, 1.807) is 4.90 Å². The average Bonchev–Trinajstić information content (AvgIpc) is 3.96. The zero-order chi connectivity index (χ0) is 44.5. The maximum atomic E-state index is 13.8. The summed E-state index contributed by atoms with van der Waals surface area (Å²) in [6.45, 7) is 9.94. The minimum absolute atomic E-state index is 0.0175. The molecule has 16 nitrogen and oxygen atoms in total. The zero-order valence-corrected chi connectivity index (χ0v) is 37.9. The van der Waals surface area contributed by atoms with Gasteiger partial charge in [0.2, 0.25) is 17.7 Å². The maximum absolute atomic E-state index is 13.8. The lowest BCUT2D eigenvalue weighted by molar-refractivity contribution is -0.146. The number of benzene rings is 2. The first-order valence-electron chi connectivity index (χ1n) is 24.6. The van der Waals surface area contributed by atoms with Gasteiger partial charge < -0.3 is 25.1 Å². The van der Waals surface area contributed by atoms with Crippen LogP contribution >= 0.6 is 0 Å². The highest BCUT2D eigenvalue weighted by atomic mass is 16.3. The molecule has 6 unspecified atom stereocenters. The van der Waals surface area contributed by atoms with Crippen molar-refractivity contribution in [2.75, 3.05) is 67.5 Å². The molecule has 1 spiro atoms. The van der Waals surface area contributed by atoms with E-state index in [-0.39, 0.29) is 60.6 Å². The van der Waals surface area contributed by atoms with Gasteiger partial charge >= 0.3 is 0 Å². The Morgan fingerprint density at radius 1 is 0.815 bits per heavy atom. The van der Waals surface area contributed by atoms with Crippen molar-refractivity contribution >= 4 is 40.7 Å². The van der Waals surface area contributed by atoms with Crippen molar-refractivity contribution in [2.24, 2.45) is 11.3 Å². The molecular weight excluding hydrogens is 823 g/mol. The first-order chi connectivity index (χ1) is 31.5. The van der Waals surface area contributed by atoms with Gasteiger partial charge in [0.15, 0.2) is 0 Å². The van der Waals surface area contributed by atoms with E-state index < -0.39 is 11.6 Å². The number of amides is 4. The number of carbonyl (C=O) groups excluding carboxylic acids is 4. The molecule has 4 amide bonds. The van der Waals surface area contributed by atoms with E-state index in [2.05, 4.69) is 94.8 Å². The third kappa shape index (κ3) is 8.22. The van der Waals surface area contributed by atoms with E-state index in [9.17, 15) is 24.3 Å². The van der Waals surface area contributed by atoms with Gasteiger partial charge in [-0.1, -0.05) is 12.2 Å². The molecule has 0 aromatic heterocycles. The van der Waals surface area contributed by atoms with Crippen LogP contribution in [0.2, 0.25) is 0 Å². The molecule has 7 saturated heterocycles. The van der Waals surface area contributed by atoms with Crippen LogP contribution in [-0.2, 0) is 20.9 Å². The highest BCUT2D eigenvalue weighted by Crippen LogP contribution is 2.44. The Labute approximate surface area is 382 Å². The minimum Gasteiger partial charge on any atom is -0.389 e. The summed E-state index contributed by atoms with van der Waals surface area (Å²) in [5.41, 5.74) is 4.63. The van der Waals surface area contributed by atoms with Crippen molar-refractivity contribution in [3.8, 4) is 0 Å². The van der Waals surface area contributed by atoms with Crippen LogP contribution in [0.1, 0.15) is 99.9 Å². The Kier molecular flexibility index (Phi) is 11.4. The van der Waals surface area contributed by atoms with Crippen LogP contribution in [0.25, 0.3) is 0 Å². The number of nitrogens with one attached hydrogen (secondary N) is 5. The van der Waals surface area contributed by atoms with Gasteiger partial charge in [-0.25, -0.2) is 0 Å². The molecule has 7 atom stereocenters. The second-order valence-corrected chi connectivity index (χ2v) is 20.8. The summed E-state index contributed by atoms with van der Waals surface area (Å²) in [5.74, 6) is -0.811. The number of aliphatic hydroxyl groups is 1. The molecule has 0 aliphatic carbocycles. The third-order valence-electron chi connectivity index (χ3n) is 16.8. The van der Waals surface area contributed by atoms with E-state index in [1.165, 1.54) is 50.9 Å². The molecule has 0 radical (unpaired) electrons. The number of imide groups is 1. The molecule has 65 heavy (non-hydrogen) atoms. The molecule has 2 aromatic carbocycles. The predicted octanol–water partition coefficient (Wildman–Crippen LogP) is 2.87. The maximum Gasteiger partial charge on any atom is 0.255 e. The molecule has 2 bridgehead atoms. The molecule has 348 valence electrons. The fourth-order valence-corrected chi connectivity index (χ4v) is 12.8. The van der Waals surface area contributed by atoms with Crippen molar-refractivity contribution in [3.05, 3.63) is 65.7 Å². The monoisotopic (exact) mass is 890 g/mol. The standard InChI is InChI=1S/C49H67N11O5/c1-48(65)18-3-2-4-22-59-46(64)38-29-50-47(54-43(38)60(59)41-7-5-6-40(48)52-41)51-33-8-10-34(11-9-33)55-23-16-35(17-24-55)57-27-21-49(31-57)19-25-56(26-20-49)36-12-13-37-32(28-36)30-58(45(37)63)39-14-15-42(61)53-44(39)62/h2,4,8-13,28,35,38-41,43,47,50-52,54,65H,3,5-7,14-27,29-31H2,1H3,(H,53,61,62)/b4-2-/t38?,39?,40?,41?,43?,47?,48-/m1/s1. The number of piperidine rings is 4. The number of fused-ring (bicyclic) bond motifs is 7. The molecule has 7 fully saturated rings. The molecule has 9 aliphatic rings. The number of hydrogen-bond donors (Lipinski definition) is 6. The van der Waals surface area contributed by atoms with Crippen LogP contribution < -0.4 is 36.4 Å². The average molecular weight is 890 g/mol. The second kappa shape index (κ2) is 17.3. The Balaban J connectivity index is 0.653. The van der Waals surface area contributed by atoms with E-state index in [1.807, 2.05) is 18.0 Å². The number of hydrazine groups is 1. The summed E-state index contributed by atoms with van der Waals surface area (Å²) in [7, 11) is 0. The van der Waals surface area contributed by atoms with Crippen molar-refractivity contribution in [1.29, 1.82) is 0 Å². The lowest BCUT2D eigenvalue weighted by atomic mass is 9.77. The van der Waals surface area contributed by atoms with Crippen molar-refractivity contribution in [2.45, 2.75) is 133 Å². The lowest BCUT2D eigenvalue weighted by Gasteiger charge is -2.47. The van der Waals surface area contributed by atoms with Crippen molar-refractivity contribution in [1.82, 2.24) is 41.1 Å².